The van der Waals surface area contributed by atoms with Crippen LogP contribution in [0.4, 0.5) is 4.79 Å². The highest BCUT2D eigenvalue weighted by molar-refractivity contribution is 6.30. The van der Waals surface area contributed by atoms with Gasteiger partial charge in [-0.15, -0.1) is 0 Å². The fourth-order valence-corrected chi connectivity index (χ4v) is 2.75. The van der Waals surface area contributed by atoms with Crippen molar-refractivity contribution in [3.8, 4) is 0 Å². The molecule has 0 spiro atoms. The van der Waals surface area contributed by atoms with E-state index in [1.165, 1.54) is 0 Å². The Hall–Kier alpha value is -1.26. The number of aliphatic hydroxyl groups excluding tert-OH is 1. The summed E-state index contributed by atoms with van der Waals surface area (Å²) in [5, 5.41) is 10.3. The number of benzene rings is 1. The number of hydrogen-bond donors (Lipinski definition) is 1. The van der Waals surface area contributed by atoms with Crippen LogP contribution >= 0.6 is 11.6 Å². The Morgan fingerprint density at radius 2 is 1.95 bits per heavy atom. The standard InChI is InChI=1S/C16H22ClNO3/c1-16(2,3)21-15(20)18-8-12(10-19)14(9-18)11-4-6-13(17)7-5-11/h4-7,12,14,19H,8-10H2,1-3H3/t12-,14+/m1/s1. The lowest BCUT2D eigenvalue weighted by Gasteiger charge is -2.24. The average molecular weight is 312 g/mol. The molecule has 1 N–H and O–H groups in total. The molecular formula is C16H22ClNO3. The Labute approximate surface area is 130 Å². The van der Waals surface area contributed by atoms with Crippen LogP contribution in [0, 0.1) is 5.92 Å². The van der Waals surface area contributed by atoms with E-state index in [4.69, 9.17) is 16.3 Å². The molecule has 1 saturated heterocycles. The van der Waals surface area contributed by atoms with Crippen molar-refractivity contribution in [1.82, 2.24) is 4.90 Å². The molecule has 4 nitrogen and oxygen atoms in total. The van der Waals surface area contributed by atoms with Crippen molar-refractivity contribution in [3.05, 3.63) is 34.9 Å². The van der Waals surface area contributed by atoms with Crippen molar-refractivity contribution in [3.63, 3.8) is 0 Å². The molecular weight excluding hydrogens is 290 g/mol. The molecule has 0 aromatic heterocycles. The van der Waals surface area contributed by atoms with Crippen LogP contribution in [0.1, 0.15) is 32.3 Å². The third kappa shape index (κ3) is 4.11. The quantitative estimate of drug-likeness (QED) is 0.912. The minimum absolute atomic E-state index is 0.0266. The molecule has 1 fully saturated rings. The monoisotopic (exact) mass is 311 g/mol. The number of hydrogen-bond acceptors (Lipinski definition) is 3. The summed E-state index contributed by atoms with van der Waals surface area (Å²) in [6.07, 6.45) is -0.322. The molecule has 1 aliphatic heterocycles. The summed E-state index contributed by atoms with van der Waals surface area (Å²) in [7, 11) is 0. The SMILES string of the molecule is CC(C)(C)OC(=O)N1C[C@H](CO)[C@H](c2ccc(Cl)cc2)C1. The van der Waals surface area contributed by atoms with Crippen molar-refractivity contribution >= 4 is 17.7 Å². The predicted octanol–water partition coefficient (Wildman–Crippen LogP) is 3.28. The molecule has 1 aliphatic rings. The number of carbonyl (C=O) groups excluding carboxylic acids is 1. The summed E-state index contributed by atoms with van der Waals surface area (Å²) in [5.41, 5.74) is 0.578. The Bertz CT molecular complexity index is 495. The molecule has 21 heavy (non-hydrogen) atoms. The van der Waals surface area contributed by atoms with Crippen molar-refractivity contribution in [1.29, 1.82) is 0 Å². The van der Waals surface area contributed by atoms with Crippen LogP contribution in [0.3, 0.4) is 0 Å². The van der Waals surface area contributed by atoms with Gasteiger partial charge < -0.3 is 14.7 Å². The van der Waals surface area contributed by atoms with Crippen molar-refractivity contribution in [2.24, 2.45) is 5.92 Å². The van der Waals surface area contributed by atoms with E-state index in [9.17, 15) is 9.90 Å². The largest absolute Gasteiger partial charge is 0.444 e. The maximum Gasteiger partial charge on any atom is 0.410 e. The molecule has 0 bridgehead atoms. The van der Waals surface area contributed by atoms with Gasteiger partial charge in [0.25, 0.3) is 0 Å². The minimum atomic E-state index is -0.510. The summed E-state index contributed by atoms with van der Waals surface area (Å²) < 4.78 is 5.40. The van der Waals surface area contributed by atoms with Gasteiger partial charge in [0.05, 0.1) is 0 Å². The van der Waals surface area contributed by atoms with Gasteiger partial charge in [-0.25, -0.2) is 4.79 Å². The van der Waals surface area contributed by atoms with Crippen LogP contribution in [0.25, 0.3) is 0 Å². The second-order valence-electron chi connectivity index (χ2n) is 6.49. The molecule has 1 heterocycles. The molecule has 2 atom stereocenters. The number of amides is 1. The Morgan fingerprint density at radius 3 is 2.48 bits per heavy atom. The van der Waals surface area contributed by atoms with Gasteiger partial charge in [0.2, 0.25) is 0 Å². The molecule has 116 valence electrons. The van der Waals surface area contributed by atoms with Crippen molar-refractivity contribution in [2.45, 2.75) is 32.3 Å². The zero-order chi connectivity index (χ0) is 15.6. The van der Waals surface area contributed by atoms with Gasteiger partial charge in [0, 0.05) is 36.6 Å². The van der Waals surface area contributed by atoms with Gasteiger partial charge in [-0.3, -0.25) is 0 Å². The third-order valence-electron chi connectivity index (χ3n) is 3.63. The Morgan fingerprint density at radius 1 is 1.33 bits per heavy atom. The van der Waals surface area contributed by atoms with Gasteiger partial charge in [-0.05, 0) is 38.5 Å². The molecule has 0 saturated carbocycles. The Kier molecular flexibility index (Phi) is 4.79. The number of ether oxygens (including phenoxy) is 1. The molecule has 1 amide bonds. The lowest BCUT2D eigenvalue weighted by atomic mass is 9.90. The third-order valence-corrected chi connectivity index (χ3v) is 3.88. The van der Waals surface area contributed by atoms with Crippen LogP contribution in [-0.2, 0) is 4.74 Å². The normalized spacial score (nSPS) is 22.4. The number of rotatable bonds is 2. The topological polar surface area (TPSA) is 49.8 Å². The lowest BCUT2D eigenvalue weighted by Crippen LogP contribution is -2.35. The fraction of sp³-hybridized carbons (Fsp3) is 0.562. The van der Waals surface area contributed by atoms with Crippen LogP contribution in [0.2, 0.25) is 5.02 Å². The van der Waals surface area contributed by atoms with Gasteiger partial charge >= 0.3 is 6.09 Å². The van der Waals surface area contributed by atoms with Gasteiger partial charge in [-0.1, -0.05) is 23.7 Å². The van der Waals surface area contributed by atoms with Crippen molar-refractivity contribution in [2.75, 3.05) is 19.7 Å². The molecule has 1 aromatic rings. The van der Waals surface area contributed by atoms with Crippen molar-refractivity contribution < 1.29 is 14.6 Å². The van der Waals surface area contributed by atoms with E-state index in [0.717, 1.165) is 5.56 Å². The lowest BCUT2D eigenvalue weighted by molar-refractivity contribution is 0.0283. The van der Waals surface area contributed by atoms with E-state index in [2.05, 4.69) is 0 Å². The maximum atomic E-state index is 12.2. The van der Waals surface area contributed by atoms with Crippen LogP contribution in [-0.4, -0.2) is 41.4 Å². The second kappa shape index (κ2) is 6.24. The second-order valence-corrected chi connectivity index (χ2v) is 6.92. The summed E-state index contributed by atoms with van der Waals surface area (Å²) >= 11 is 5.91. The maximum absolute atomic E-state index is 12.2. The zero-order valence-corrected chi connectivity index (χ0v) is 13.4. The first-order valence-corrected chi connectivity index (χ1v) is 7.52. The summed E-state index contributed by atoms with van der Waals surface area (Å²) in [6, 6.07) is 7.57. The van der Waals surface area contributed by atoms with Gasteiger partial charge in [0.1, 0.15) is 5.60 Å². The summed E-state index contributed by atoms with van der Waals surface area (Å²) in [4.78, 5) is 13.8. The first-order chi connectivity index (χ1) is 9.80. The molecule has 0 unspecified atom stereocenters. The summed E-state index contributed by atoms with van der Waals surface area (Å²) in [5.74, 6) is 0.137. The zero-order valence-electron chi connectivity index (χ0n) is 12.7. The number of likely N-dealkylation sites (tertiary alicyclic amines) is 1. The molecule has 2 rings (SSSR count). The van der Waals surface area contributed by atoms with E-state index >= 15 is 0 Å². The highest BCUT2D eigenvalue weighted by atomic mass is 35.5. The van der Waals surface area contributed by atoms with Crippen LogP contribution in [0.5, 0.6) is 0 Å². The van der Waals surface area contributed by atoms with Gasteiger partial charge in [-0.2, -0.15) is 0 Å². The number of carbonyl (C=O) groups is 1. The van der Waals surface area contributed by atoms with E-state index in [0.29, 0.717) is 18.1 Å². The molecule has 0 aliphatic carbocycles. The number of halogens is 1. The van der Waals surface area contributed by atoms with Crippen LogP contribution in [0.15, 0.2) is 24.3 Å². The first-order valence-electron chi connectivity index (χ1n) is 7.14. The summed E-state index contributed by atoms with van der Waals surface area (Å²) in [6.45, 7) is 6.66. The Balaban J connectivity index is 2.10. The average Bonchev–Trinajstić information content (AvgIpc) is 2.82. The fourth-order valence-electron chi connectivity index (χ4n) is 2.62. The van der Waals surface area contributed by atoms with E-state index < -0.39 is 5.60 Å². The first kappa shape index (κ1) is 16.1. The molecule has 5 heteroatoms. The van der Waals surface area contributed by atoms with E-state index in [1.807, 2.05) is 45.0 Å². The minimum Gasteiger partial charge on any atom is -0.444 e. The van der Waals surface area contributed by atoms with Gasteiger partial charge in [0.15, 0.2) is 0 Å². The highest BCUT2D eigenvalue weighted by Gasteiger charge is 2.37. The highest BCUT2D eigenvalue weighted by Crippen LogP contribution is 2.33. The number of aliphatic hydroxyl groups is 1. The smallest absolute Gasteiger partial charge is 0.410 e. The molecule has 0 radical (unpaired) electrons. The predicted molar refractivity (Wildman–Crippen MR) is 82.6 cm³/mol. The van der Waals surface area contributed by atoms with Crippen LogP contribution < -0.4 is 0 Å². The number of nitrogens with zero attached hydrogens (tertiary/aromatic N) is 1. The molecule has 1 aromatic carbocycles. The van der Waals surface area contributed by atoms with E-state index in [1.54, 1.807) is 4.90 Å². The van der Waals surface area contributed by atoms with E-state index in [-0.39, 0.29) is 24.5 Å².